The molecule has 1 N–H and O–H groups in total. The molecule has 1 rings (SSSR count). The van der Waals surface area contributed by atoms with Gasteiger partial charge in [-0.15, -0.1) is 11.8 Å². The third kappa shape index (κ3) is 2.00. The van der Waals surface area contributed by atoms with Gasteiger partial charge >= 0.3 is 0 Å². The van der Waals surface area contributed by atoms with Gasteiger partial charge in [-0.25, -0.2) is 0 Å². The number of ether oxygens (including phenoxy) is 1. The quantitative estimate of drug-likeness (QED) is 0.630. The lowest BCUT2D eigenvalue weighted by Crippen LogP contribution is -2.35. The fourth-order valence-corrected chi connectivity index (χ4v) is 1.50. The Morgan fingerprint density at radius 2 is 2.42 bits per heavy atom. The molecular formula is C10H16O2. The Hall–Kier alpha value is -0.520. The molecule has 1 saturated heterocycles. The molecular weight excluding hydrogens is 152 g/mol. The van der Waals surface area contributed by atoms with E-state index in [-0.39, 0.29) is 6.10 Å². The smallest absolute Gasteiger partial charge is 0.0936 e. The van der Waals surface area contributed by atoms with Gasteiger partial charge in [-0.05, 0) is 20.3 Å². The first-order valence-corrected chi connectivity index (χ1v) is 4.42. The van der Waals surface area contributed by atoms with E-state index in [1.165, 1.54) is 0 Å². The lowest BCUT2D eigenvalue weighted by molar-refractivity contribution is -0.0320. The van der Waals surface area contributed by atoms with Gasteiger partial charge in [0.05, 0.1) is 11.7 Å². The minimum Gasteiger partial charge on any atom is -0.387 e. The van der Waals surface area contributed by atoms with Crippen molar-refractivity contribution >= 4 is 0 Å². The van der Waals surface area contributed by atoms with E-state index in [0.717, 1.165) is 19.3 Å². The van der Waals surface area contributed by atoms with Crippen LogP contribution in [0.4, 0.5) is 0 Å². The molecule has 1 aliphatic rings. The van der Waals surface area contributed by atoms with Gasteiger partial charge in [0, 0.05) is 19.4 Å². The SMILES string of the molecule is CC#CCCC1(O)CCOC1C. The normalized spacial score (nSPS) is 34.4. The van der Waals surface area contributed by atoms with E-state index < -0.39 is 5.60 Å². The van der Waals surface area contributed by atoms with Gasteiger partial charge < -0.3 is 9.84 Å². The zero-order valence-corrected chi connectivity index (χ0v) is 7.76. The molecule has 2 atom stereocenters. The van der Waals surface area contributed by atoms with E-state index in [0.29, 0.717) is 6.61 Å². The zero-order valence-electron chi connectivity index (χ0n) is 7.76. The summed E-state index contributed by atoms with van der Waals surface area (Å²) in [6.45, 7) is 4.42. The van der Waals surface area contributed by atoms with Gasteiger partial charge in [-0.1, -0.05) is 0 Å². The highest BCUT2D eigenvalue weighted by atomic mass is 16.5. The maximum atomic E-state index is 9.99. The van der Waals surface area contributed by atoms with E-state index in [1.807, 2.05) is 13.8 Å². The Morgan fingerprint density at radius 3 is 2.92 bits per heavy atom. The summed E-state index contributed by atoms with van der Waals surface area (Å²) < 4.78 is 5.30. The van der Waals surface area contributed by atoms with Crippen LogP contribution in [0.3, 0.4) is 0 Å². The van der Waals surface area contributed by atoms with Crippen LogP contribution in [0.25, 0.3) is 0 Å². The van der Waals surface area contributed by atoms with Crippen molar-refractivity contribution in [2.24, 2.45) is 0 Å². The molecule has 0 spiro atoms. The molecule has 0 aromatic rings. The second-order valence-corrected chi connectivity index (χ2v) is 3.29. The summed E-state index contributed by atoms with van der Waals surface area (Å²) in [5.41, 5.74) is -0.621. The van der Waals surface area contributed by atoms with Gasteiger partial charge in [0.2, 0.25) is 0 Å². The Balaban J connectivity index is 2.41. The van der Waals surface area contributed by atoms with Crippen LogP contribution in [-0.2, 0) is 4.74 Å². The number of hydrogen-bond donors (Lipinski definition) is 1. The molecule has 0 aromatic heterocycles. The van der Waals surface area contributed by atoms with E-state index in [2.05, 4.69) is 11.8 Å². The Labute approximate surface area is 73.9 Å². The summed E-state index contributed by atoms with van der Waals surface area (Å²) in [6, 6.07) is 0. The van der Waals surface area contributed by atoms with Gasteiger partial charge in [0.15, 0.2) is 0 Å². The molecule has 12 heavy (non-hydrogen) atoms. The number of hydrogen-bond acceptors (Lipinski definition) is 2. The molecule has 2 unspecified atom stereocenters. The van der Waals surface area contributed by atoms with Crippen molar-refractivity contribution in [1.82, 2.24) is 0 Å². The molecule has 2 heteroatoms. The predicted octanol–water partition coefficient (Wildman–Crippen LogP) is 1.33. The molecule has 0 saturated carbocycles. The highest BCUT2D eigenvalue weighted by molar-refractivity contribution is 4.99. The Morgan fingerprint density at radius 1 is 1.67 bits per heavy atom. The predicted molar refractivity (Wildman–Crippen MR) is 47.7 cm³/mol. The minimum absolute atomic E-state index is 0.0313. The average molecular weight is 168 g/mol. The second kappa shape index (κ2) is 3.93. The van der Waals surface area contributed by atoms with Crippen LogP contribution in [0.1, 0.15) is 33.1 Å². The van der Waals surface area contributed by atoms with Crippen molar-refractivity contribution in [3.8, 4) is 11.8 Å². The molecule has 0 aromatic carbocycles. The van der Waals surface area contributed by atoms with E-state index >= 15 is 0 Å². The largest absolute Gasteiger partial charge is 0.387 e. The standard InChI is InChI=1S/C10H16O2/c1-3-4-5-6-10(11)7-8-12-9(10)2/h9,11H,5-8H2,1-2H3. The maximum absolute atomic E-state index is 9.99. The van der Waals surface area contributed by atoms with Crippen molar-refractivity contribution in [3.63, 3.8) is 0 Å². The van der Waals surface area contributed by atoms with Crippen molar-refractivity contribution in [2.45, 2.75) is 44.8 Å². The van der Waals surface area contributed by atoms with Crippen molar-refractivity contribution in [1.29, 1.82) is 0 Å². The summed E-state index contributed by atoms with van der Waals surface area (Å²) in [4.78, 5) is 0. The summed E-state index contributed by atoms with van der Waals surface area (Å²) in [5.74, 6) is 5.78. The first-order chi connectivity index (χ1) is 5.69. The summed E-state index contributed by atoms with van der Waals surface area (Å²) in [7, 11) is 0. The van der Waals surface area contributed by atoms with Crippen molar-refractivity contribution in [3.05, 3.63) is 0 Å². The van der Waals surface area contributed by atoms with Crippen LogP contribution in [0, 0.1) is 11.8 Å². The van der Waals surface area contributed by atoms with E-state index in [1.54, 1.807) is 0 Å². The van der Waals surface area contributed by atoms with Crippen LogP contribution in [0.15, 0.2) is 0 Å². The second-order valence-electron chi connectivity index (χ2n) is 3.29. The summed E-state index contributed by atoms with van der Waals surface area (Å²) in [6.07, 6.45) is 2.21. The van der Waals surface area contributed by atoms with Crippen LogP contribution in [-0.4, -0.2) is 23.4 Å². The van der Waals surface area contributed by atoms with Gasteiger partial charge in [-0.2, -0.15) is 0 Å². The number of aliphatic hydroxyl groups is 1. The molecule has 1 aliphatic heterocycles. The van der Waals surface area contributed by atoms with Crippen molar-refractivity contribution in [2.75, 3.05) is 6.61 Å². The Bertz CT molecular complexity index is 202. The molecule has 0 aliphatic carbocycles. The zero-order chi connectivity index (χ0) is 9.03. The molecule has 68 valence electrons. The first kappa shape index (κ1) is 9.57. The molecule has 1 fully saturated rings. The molecule has 2 nitrogen and oxygen atoms in total. The van der Waals surface area contributed by atoms with Crippen LogP contribution in [0.5, 0.6) is 0 Å². The lowest BCUT2D eigenvalue weighted by atomic mass is 9.91. The third-order valence-electron chi connectivity index (χ3n) is 2.52. The Kier molecular flexibility index (Phi) is 3.13. The molecule has 0 amide bonds. The first-order valence-electron chi connectivity index (χ1n) is 4.42. The van der Waals surface area contributed by atoms with E-state index in [4.69, 9.17) is 4.74 Å². The van der Waals surface area contributed by atoms with Gasteiger partial charge in [0.25, 0.3) is 0 Å². The highest BCUT2D eigenvalue weighted by Gasteiger charge is 2.38. The van der Waals surface area contributed by atoms with Crippen LogP contribution >= 0.6 is 0 Å². The summed E-state index contributed by atoms with van der Waals surface area (Å²) in [5, 5.41) is 9.99. The topological polar surface area (TPSA) is 29.5 Å². The highest BCUT2D eigenvalue weighted by Crippen LogP contribution is 2.29. The number of rotatable bonds is 2. The molecule has 0 radical (unpaired) electrons. The van der Waals surface area contributed by atoms with E-state index in [9.17, 15) is 5.11 Å². The maximum Gasteiger partial charge on any atom is 0.0936 e. The average Bonchev–Trinajstić information content (AvgIpc) is 2.34. The molecule has 0 bridgehead atoms. The lowest BCUT2D eigenvalue weighted by Gasteiger charge is -2.24. The fraction of sp³-hybridized carbons (Fsp3) is 0.800. The minimum atomic E-state index is -0.621. The molecule has 1 heterocycles. The monoisotopic (exact) mass is 168 g/mol. The van der Waals surface area contributed by atoms with Gasteiger partial charge in [0.1, 0.15) is 0 Å². The van der Waals surface area contributed by atoms with Crippen molar-refractivity contribution < 1.29 is 9.84 Å². The summed E-state index contributed by atoms with van der Waals surface area (Å²) >= 11 is 0. The fourth-order valence-electron chi connectivity index (χ4n) is 1.50. The van der Waals surface area contributed by atoms with Crippen LogP contribution < -0.4 is 0 Å². The van der Waals surface area contributed by atoms with Crippen LogP contribution in [0.2, 0.25) is 0 Å². The van der Waals surface area contributed by atoms with Gasteiger partial charge in [-0.3, -0.25) is 0 Å². The third-order valence-corrected chi connectivity index (χ3v) is 2.52.